The van der Waals surface area contributed by atoms with E-state index in [-0.39, 0.29) is 23.2 Å². The molecule has 0 spiro atoms. The van der Waals surface area contributed by atoms with Crippen LogP contribution in [0.4, 0.5) is 0 Å². The first-order valence-electron chi connectivity index (χ1n) is 3.13. The third kappa shape index (κ3) is 3.35. The van der Waals surface area contributed by atoms with E-state index in [9.17, 15) is 4.91 Å². The Morgan fingerprint density at radius 3 is 2.58 bits per heavy atom. The van der Waals surface area contributed by atoms with Gasteiger partial charge in [-0.1, -0.05) is 0 Å². The van der Waals surface area contributed by atoms with E-state index in [0.29, 0.717) is 0 Å². The molecule has 0 fully saturated rings. The maximum Gasteiger partial charge on any atom is 0.219 e. The van der Waals surface area contributed by atoms with Gasteiger partial charge in [-0.3, -0.25) is 0 Å². The second kappa shape index (κ2) is 5.56. The molecule has 6 nitrogen and oxygen atoms in total. The lowest BCUT2D eigenvalue weighted by Gasteiger charge is -1.98. The quantitative estimate of drug-likeness (QED) is 0.205. The molecule has 0 amide bonds. The summed E-state index contributed by atoms with van der Waals surface area (Å²) in [4.78, 5) is 13.8. The van der Waals surface area contributed by atoms with Gasteiger partial charge < -0.3 is 16.8 Å². The molecular weight excluding hydrogens is 178 g/mol. The molecule has 12 heavy (non-hydrogen) atoms. The van der Waals surface area contributed by atoms with Gasteiger partial charge in [-0.25, -0.2) is 4.99 Å². The first-order chi connectivity index (χ1) is 5.65. The van der Waals surface area contributed by atoms with Gasteiger partial charge in [-0.05, 0) is 5.18 Å². The van der Waals surface area contributed by atoms with Crippen molar-refractivity contribution in [2.75, 3.05) is 13.6 Å². The summed E-state index contributed by atoms with van der Waals surface area (Å²) in [7, 11) is 1.60. The number of nitrogens with one attached hydrogen (secondary N) is 1. The molecule has 0 saturated carbocycles. The normalized spacial score (nSPS) is 13.8. The van der Waals surface area contributed by atoms with Crippen molar-refractivity contribution in [3.63, 3.8) is 0 Å². The largest absolute Gasteiger partial charge is 0.398 e. The number of hydrogen-bond donors (Lipinski definition) is 4. The maximum atomic E-state index is 10.1. The standard InChI is InChI=1S/C5H11N5OS/c1-8-5(12)9-4(10-11)3(7)2-6/h2,6-7H2,1H3,(H2,8,9,12)/b4-3-. The molecule has 0 rings (SSSR count). The van der Waals surface area contributed by atoms with Crippen molar-refractivity contribution in [3.05, 3.63) is 16.4 Å². The zero-order valence-corrected chi connectivity index (χ0v) is 7.51. The Hall–Kier alpha value is -1.08. The average Bonchev–Trinajstić information content (AvgIpc) is 2.12. The summed E-state index contributed by atoms with van der Waals surface area (Å²) in [5, 5.41) is 5.44. The van der Waals surface area contributed by atoms with E-state index in [2.05, 4.69) is 28.1 Å². The molecule has 0 heterocycles. The van der Waals surface area contributed by atoms with Crippen LogP contribution in [0.25, 0.3) is 0 Å². The minimum atomic E-state index is -0.142. The molecule has 68 valence electrons. The Morgan fingerprint density at radius 1 is 1.67 bits per heavy atom. The van der Waals surface area contributed by atoms with Gasteiger partial charge in [0, 0.05) is 13.6 Å². The highest BCUT2D eigenvalue weighted by Gasteiger charge is 2.00. The number of nitrogens with zero attached hydrogens (tertiary/aromatic N) is 2. The van der Waals surface area contributed by atoms with Crippen molar-refractivity contribution < 1.29 is 0 Å². The van der Waals surface area contributed by atoms with Crippen LogP contribution in [0.3, 0.4) is 0 Å². The van der Waals surface area contributed by atoms with E-state index >= 15 is 0 Å². The van der Waals surface area contributed by atoms with Crippen LogP contribution >= 0.6 is 12.6 Å². The molecule has 0 aliphatic rings. The molecule has 5 N–H and O–H groups in total. The second-order valence-corrected chi connectivity index (χ2v) is 2.25. The average molecular weight is 189 g/mol. The van der Waals surface area contributed by atoms with Crippen molar-refractivity contribution in [3.8, 4) is 0 Å². The first kappa shape index (κ1) is 10.9. The number of aliphatic imine (C=N–C) groups is 1. The number of hydrogen-bond acceptors (Lipinski definition) is 5. The van der Waals surface area contributed by atoms with Crippen molar-refractivity contribution in [1.82, 2.24) is 5.32 Å². The molecule has 0 aromatic carbocycles. The summed E-state index contributed by atoms with van der Waals surface area (Å²) in [6, 6.07) is 0. The van der Waals surface area contributed by atoms with Crippen molar-refractivity contribution in [2.24, 2.45) is 21.6 Å². The number of amidine groups is 1. The van der Waals surface area contributed by atoms with E-state index in [0.717, 1.165) is 0 Å². The van der Waals surface area contributed by atoms with Gasteiger partial charge in [0.2, 0.25) is 5.82 Å². The fourth-order valence-electron chi connectivity index (χ4n) is 0.398. The molecule has 0 aliphatic carbocycles. The summed E-state index contributed by atoms with van der Waals surface area (Å²) in [5.74, 6) is -0.142. The molecule has 0 atom stereocenters. The van der Waals surface area contributed by atoms with Gasteiger partial charge in [0.15, 0.2) is 5.17 Å². The number of rotatable bonds is 3. The third-order valence-corrected chi connectivity index (χ3v) is 1.35. The fourth-order valence-corrected chi connectivity index (χ4v) is 0.493. The van der Waals surface area contributed by atoms with E-state index in [1.54, 1.807) is 7.05 Å². The van der Waals surface area contributed by atoms with Crippen molar-refractivity contribution >= 4 is 17.8 Å². The monoisotopic (exact) mass is 189 g/mol. The van der Waals surface area contributed by atoms with Crippen LogP contribution in [0, 0.1) is 4.91 Å². The van der Waals surface area contributed by atoms with E-state index in [1.165, 1.54) is 0 Å². The predicted octanol–water partition coefficient (Wildman–Crippen LogP) is -0.656. The van der Waals surface area contributed by atoms with Crippen molar-refractivity contribution in [2.45, 2.75) is 0 Å². The Morgan fingerprint density at radius 2 is 2.25 bits per heavy atom. The minimum absolute atomic E-state index is 0.0370. The molecule has 0 radical (unpaired) electrons. The molecule has 0 bridgehead atoms. The fraction of sp³-hybridized carbons (Fsp3) is 0.400. The Bertz CT molecular complexity index is 224. The van der Waals surface area contributed by atoms with E-state index in [4.69, 9.17) is 11.5 Å². The van der Waals surface area contributed by atoms with Crippen LogP contribution in [0.5, 0.6) is 0 Å². The highest BCUT2D eigenvalue weighted by atomic mass is 32.1. The van der Waals surface area contributed by atoms with E-state index < -0.39 is 0 Å². The highest BCUT2D eigenvalue weighted by Crippen LogP contribution is 2.02. The lowest BCUT2D eigenvalue weighted by atomic mass is 10.4. The first-order valence-corrected chi connectivity index (χ1v) is 3.57. The van der Waals surface area contributed by atoms with Gasteiger partial charge >= 0.3 is 0 Å². The number of thiol groups is 1. The van der Waals surface area contributed by atoms with Crippen LogP contribution in [0.1, 0.15) is 0 Å². The summed E-state index contributed by atoms with van der Waals surface area (Å²) >= 11 is 3.87. The van der Waals surface area contributed by atoms with Crippen LogP contribution in [0.15, 0.2) is 21.7 Å². The smallest absolute Gasteiger partial charge is 0.219 e. The molecule has 7 heteroatoms. The zero-order chi connectivity index (χ0) is 9.56. The summed E-state index contributed by atoms with van der Waals surface area (Å²) < 4.78 is 0. The summed E-state index contributed by atoms with van der Waals surface area (Å²) in [6.45, 7) is 0.0370. The van der Waals surface area contributed by atoms with Crippen LogP contribution in [0.2, 0.25) is 0 Å². The molecule has 0 aliphatic heterocycles. The van der Waals surface area contributed by atoms with Crippen LogP contribution in [-0.2, 0) is 0 Å². The Labute approximate surface area is 75.5 Å². The van der Waals surface area contributed by atoms with Gasteiger partial charge in [-0.15, -0.1) is 17.5 Å². The van der Waals surface area contributed by atoms with Gasteiger partial charge in [0.25, 0.3) is 0 Å². The van der Waals surface area contributed by atoms with Crippen LogP contribution in [-0.4, -0.2) is 18.8 Å². The van der Waals surface area contributed by atoms with Gasteiger partial charge in [-0.2, -0.15) is 0 Å². The third-order valence-electron chi connectivity index (χ3n) is 1.03. The summed E-state index contributed by atoms with van der Waals surface area (Å²) in [6.07, 6.45) is 0. The topological polar surface area (TPSA) is 106 Å². The van der Waals surface area contributed by atoms with Gasteiger partial charge in [0.05, 0.1) is 5.70 Å². The minimum Gasteiger partial charge on any atom is -0.398 e. The molecule has 0 saturated heterocycles. The summed E-state index contributed by atoms with van der Waals surface area (Å²) in [5.41, 5.74) is 10.6. The second-order valence-electron chi connectivity index (χ2n) is 1.83. The molecular formula is C5H11N5OS. The Kier molecular flexibility index (Phi) is 5.06. The maximum absolute atomic E-state index is 10.1. The molecule has 0 aromatic heterocycles. The Balaban J connectivity index is 4.69. The number of nitrogens with two attached hydrogens (primary N) is 2. The lowest BCUT2D eigenvalue weighted by Crippen LogP contribution is -2.15. The molecule has 0 unspecified atom stereocenters. The lowest BCUT2D eigenvalue weighted by molar-refractivity contribution is 1.02. The van der Waals surface area contributed by atoms with E-state index in [1.807, 2.05) is 0 Å². The predicted molar refractivity (Wildman–Crippen MR) is 51.5 cm³/mol. The van der Waals surface area contributed by atoms with Crippen molar-refractivity contribution in [1.29, 1.82) is 0 Å². The van der Waals surface area contributed by atoms with Gasteiger partial charge in [0.1, 0.15) is 0 Å². The highest BCUT2D eigenvalue weighted by molar-refractivity contribution is 7.96. The van der Waals surface area contributed by atoms with Crippen LogP contribution < -0.4 is 16.8 Å². The zero-order valence-electron chi connectivity index (χ0n) is 6.61. The SMILES string of the molecule is CN/C(S)=N\C(N=O)=C(\N)CN. The number of nitroso groups, excluding NO2 is 1. The molecule has 0 aromatic rings.